The maximum atomic E-state index is 12.9. The van der Waals surface area contributed by atoms with Crippen LogP contribution in [0.5, 0.6) is 0 Å². The molecular formula is C13H12F3N3O2. The number of benzene rings is 1. The summed E-state index contributed by atoms with van der Waals surface area (Å²) in [5.74, 6) is -0.663. The summed E-state index contributed by atoms with van der Waals surface area (Å²) in [6.45, 7) is 0.612. The second kappa shape index (κ2) is 5.61. The number of hydrogen-bond donors (Lipinski definition) is 1. The van der Waals surface area contributed by atoms with Crippen LogP contribution in [-0.2, 0) is 15.7 Å². The lowest BCUT2D eigenvalue weighted by Crippen LogP contribution is -2.48. The Morgan fingerprint density at radius 1 is 1.48 bits per heavy atom. The predicted octanol–water partition coefficient (Wildman–Crippen LogP) is 1.27. The van der Waals surface area contributed by atoms with Crippen molar-refractivity contribution in [1.29, 1.82) is 5.26 Å². The van der Waals surface area contributed by atoms with Crippen LogP contribution < -0.4 is 10.6 Å². The van der Waals surface area contributed by atoms with E-state index in [1.54, 1.807) is 4.90 Å². The van der Waals surface area contributed by atoms with Gasteiger partial charge in [0, 0.05) is 12.2 Å². The average molecular weight is 299 g/mol. The molecule has 21 heavy (non-hydrogen) atoms. The molecule has 0 aromatic heterocycles. The molecule has 0 bridgehead atoms. The molecule has 0 saturated carbocycles. The number of halogens is 3. The molecule has 5 nitrogen and oxygen atoms in total. The molecule has 1 aliphatic rings. The lowest BCUT2D eigenvalue weighted by molar-refractivity contribution is -0.137. The smallest absolute Gasteiger partial charge is 0.367 e. The number of rotatable bonds is 2. The molecule has 1 aliphatic heterocycles. The molecule has 1 amide bonds. The van der Waals surface area contributed by atoms with Crippen LogP contribution in [0.2, 0.25) is 0 Å². The van der Waals surface area contributed by atoms with E-state index < -0.39 is 29.3 Å². The highest BCUT2D eigenvalue weighted by Gasteiger charge is 2.35. The second-order valence-electron chi connectivity index (χ2n) is 4.55. The monoisotopic (exact) mass is 299 g/mol. The number of nitrogens with two attached hydrogens (primary N) is 1. The molecule has 1 fully saturated rings. The van der Waals surface area contributed by atoms with Crippen molar-refractivity contribution in [2.45, 2.75) is 12.3 Å². The third-order valence-corrected chi connectivity index (χ3v) is 3.18. The van der Waals surface area contributed by atoms with Crippen LogP contribution in [0.4, 0.5) is 18.9 Å². The van der Waals surface area contributed by atoms with Gasteiger partial charge >= 0.3 is 6.18 Å². The van der Waals surface area contributed by atoms with Gasteiger partial charge in [0.05, 0.1) is 30.3 Å². The van der Waals surface area contributed by atoms with Crippen molar-refractivity contribution in [3.63, 3.8) is 0 Å². The Balaban J connectivity index is 2.33. The van der Waals surface area contributed by atoms with E-state index >= 15 is 0 Å². The van der Waals surface area contributed by atoms with E-state index in [-0.39, 0.29) is 18.8 Å². The highest BCUT2D eigenvalue weighted by Crippen LogP contribution is 2.34. The van der Waals surface area contributed by atoms with Gasteiger partial charge in [-0.25, -0.2) is 0 Å². The normalized spacial score (nSPS) is 19.1. The van der Waals surface area contributed by atoms with Crippen LogP contribution in [0.15, 0.2) is 18.2 Å². The number of alkyl halides is 3. The summed E-state index contributed by atoms with van der Waals surface area (Å²) in [5.41, 5.74) is 3.98. The first kappa shape index (κ1) is 15.1. The van der Waals surface area contributed by atoms with Gasteiger partial charge in [-0.1, -0.05) is 0 Å². The zero-order chi connectivity index (χ0) is 15.6. The van der Waals surface area contributed by atoms with Crippen LogP contribution >= 0.6 is 0 Å². The maximum Gasteiger partial charge on any atom is 0.417 e. The van der Waals surface area contributed by atoms with Gasteiger partial charge < -0.3 is 15.4 Å². The SMILES string of the molecule is N#Cc1ccc(N2CCO[C@@H](C(N)=O)C2)cc1C(F)(F)F. The van der Waals surface area contributed by atoms with Gasteiger partial charge in [0.15, 0.2) is 6.10 Å². The summed E-state index contributed by atoms with van der Waals surface area (Å²) < 4.78 is 43.9. The Bertz CT molecular complexity index is 595. The van der Waals surface area contributed by atoms with Crippen LogP contribution in [-0.4, -0.2) is 31.7 Å². The lowest BCUT2D eigenvalue weighted by Gasteiger charge is -2.33. The van der Waals surface area contributed by atoms with Gasteiger partial charge in [0.2, 0.25) is 5.91 Å². The maximum absolute atomic E-state index is 12.9. The standard InChI is InChI=1S/C13H12F3N3O2/c14-13(15,16)10-5-9(2-1-8(10)6-17)19-3-4-21-11(7-19)12(18)20/h1-2,5,11H,3-4,7H2,(H2,18,20)/t11-/m1/s1. The summed E-state index contributed by atoms with van der Waals surface area (Å²) in [4.78, 5) is 12.7. The van der Waals surface area contributed by atoms with Crippen molar-refractivity contribution in [2.24, 2.45) is 5.73 Å². The Labute approximate surface area is 118 Å². The molecule has 8 heteroatoms. The fourth-order valence-electron chi connectivity index (χ4n) is 2.12. The number of carbonyl (C=O) groups is 1. The number of carbonyl (C=O) groups excluding carboxylic acids is 1. The van der Waals surface area contributed by atoms with Crippen molar-refractivity contribution < 1.29 is 22.7 Å². The number of amides is 1. The molecular weight excluding hydrogens is 287 g/mol. The minimum atomic E-state index is -4.61. The third-order valence-electron chi connectivity index (χ3n) is 3.18. The summed E-state index contributed by atoms with van der Waals surface area (Å²) in [7, 11) is 0. The molecule has 1 saturated heterocycles. The van der Waals surface area contributed by atoms with E-state index in [9.17, 15) is 18.0 Å². The summed E-state index contributed by atoms with van der Waals surface area (Å²) in [6, 6.07) is 4.96. The van der Waals surface area contributed by atoms with Gasteiger partial charge in [-0.3, -0.25) is 4.79 Å². The van der Waals surface area contributed by atoms with Gasteiger partial charge in [-0.2, -0.15) is 18.4 Å². The van der Waals surface area contributed by atoms with Crippen molar-refractivity contribution in [1.82, 2.24) is 0 Å². The summed E-state index contributed by atoms with van der Waals surface area (Å²) in [6.07, 6.45) is -5.47. The molecule has 2 rings (SSSR count). The first-order valence-corrected chi connectivity index (χ1v) is 6.10. The van der Waals surface area contributed by atoms with Gasteiger partial charge in [0.25, 0.3) is 0 Å². The van der Waals surface area contributed by atoms with Gasteiger partial charge in [-0.15, -0.1) is 0 Å². The van der Waals surface area contributed by atoms with Crippen LogP contribution in [0, 0.1) is 11.3 Å². The third kappa shape index (κ3) is 3.25. The van der Waals surface area contributed by atoms with Crippen LogP contribution in [0.3, 0.4) is 0 Å². The van der Waals surface area contributed by atoms with E-state index in [1.165, 1.54) is 12.1 Å². The number of ether oxygens (including phenoxy) is 1. The molecule has 112 valence electrons. The van der Waals surface area contributed by atoms with E-state index in [4.69, 9.17) is 15.7 Å². The first-order valence-electron chi connectivity index (χ1n) is 6.10. The van der Waals surface area contributed by atoms with Crippen molar-refractivity contribution in [3.8, 4) is 6.07 Å². The first-order chi connectivity index (χ1) is 9.82. The molecule has 1 aromatic rings. The molecule has 1 aromatic carbocycles. The van der Waals surface area contributed by atoms with Crippen molar-refractivity contribution in [2.75, 3.05) is 24.6 Å². The zero-order valence-corrected chi connectivity index (χ0v) is 10.9. The Kier molecular flexibility index (Phi) is 4.04. The average Bonchev–Trinajstić information content (AvgIpc) is 2.45. The van der Waals surface area contributed by atoms with E-state index in [0.29, 0.717) is 6.54 Å². The fraction of sp³-hybridized carbons (Fsp3) is 0.385. The predicted molar refractivity (Wildman–Crippen MR) is 67.3 cm³/mol. The van der Waals surface area contributed by atoms with Crippen LogP contribution in [0.1, 0.15) is 11.1 Å². The number of nitrogens with zero attached hydrogens (tertiary/aromatic N) is 2. The molecule has 0 radical (unpaired) electrons. The van der Waals surface area contributed by atoms with Gasteiger partial charge in [-0.05, 0) is 18.2 Å². The quantitative estimate of drug-likeness (QED) is 0.892. The Morgan fingerprint density at radius 3 is 2.76 bits per heavy atom. The van der Waals surface area contributed by atoms with Crippen LogP contribution in [0.25, 0.3) is 0 Å². The van der Waals surface area contributed by atoms with E-state index in [1.807, 2.05) is 0 Å². The van der Waals surface area contributed by atoms with E-state index in [0.717, 1.165) is 12.1 Å². The highest BCUT2D eigenvalue weighted by atomic mass is 19.4. The highest BCUT2D eigenvalue weighted by molar-refractivity contribution is 5.80. The minimum absolute atomic E-state index is 0.0819. The van der Waals surface area contributed by atoms with E-state index in [2.05, 4.69) is 0 Å². The zero-order valence-electron chi connectivity index (χ0n) is 10.9. The second-order valence-corrected chi connectivity index (χ2v) is 4.55. The molecule has 0 unspecified atom stereocenters. The molecule has 2 N–H and O–H groups in total. The largest absolute Gasteiger partial charge is 0.417 e. The number of nitriles is 1. The number of hydrogen-bond acceptors (Lipinski definition) is 4. The molecule has 0 aliphatic carbocycles. The number of anilines is 1. The molecule has 0 spiro atoms. The van der Waals surface area contributed by atoms with Gasteiger partial charge in [0.1, 0.15) is 0 Å². The fourth-order valence-corrected chi connectivity index (χ4v) is 2.12. The molecule has 1 atom stereocenters. The topological polar surface area (TPSA) is 79.3 Å². The Hall–Kier alpha value is -2.27. The number of morpholine rings is 1. The Morgan fingerprint density at radius 2 is 2.19 bits per heavy atom. The van der Waals surface area contributed by atoms with Crippen molar-refractivity contribution in [3.05, 3.63) is 29.3 Å². The summed E-state index contributed by atoms with van der Waals surface area (Å²) >= 11 is 0. The van der Waals surface area contributed by atoms with Crippen molar-refractivity contribution >= 4 is 11.6 Å². The molecule has 1 heterocycles. The summed E-state index contributed by atoms with van der Waals surface area (Å²) in [5, 5.41) is 8.75. The number of primary amides is 1. The lowest BCUT2D eigenvalue weighted by atomic mass is 10.1. The minimum Gasteiger partial charge on any atom is -0.367 e.